The van der Waals surface area contributed by atoms with Crippen LogP contribution in [0.4, 0.5) is 15.8 Å². The number of nitrogens with two attached hydrogens (primary N) is 1. The molecule has 2 aromatic carbocycles. The first-order chi connectivity index (χ1) is 12.5. The predicted molar refractivity (Wildman–Crippen MR) is 107 cm³/mol. The number of anilines is 2. The van der Waals surface area contributed by atoms with Gasteiger partial charge in [0, 0.05) is 29.4 Å². The molecule has 3 rings (SSSR count). The smallest absolute Gasteiger partial charge is 0.255 e. The fourth-order valence-electron chi connectivity index (χ4n) is 3.28. The standard InChI is InChI=1S/C20H22FN3O2.ClH/c21-15-6-3-8-17(12-15)24-20(26)14-5-1-7-16(10-14)23-19(25)11-13-4-2-9-18(13)22;/h1,3,5-8,10,12-13,18H,2,4,9,11,22H2,(H,23,25)(H,24,26);1H/t13-,18+;/m0./s1. The highest BCUT2D eigenvalue weighted by Gasteiger charge is 2.26. The summed E-state index contributed by atoms with van der Waals surface area (Å²) < 4.78 is 13.2. The first-order valence-electron chi connectivity index (χ1n) is 8.73. The van der Waals surface area contributed by atoms with E-state index in [1.807, 2.05) is 0 Å². The van der Waals surface area contributed by atoms with E-state index < -0.39 is 5.82 Å². The van der Waals surface area contributed by atoms with Gasteiger partial charge in [-0.15, -0.1) is 12.4 Å². The fourth-order valence-corrected chi connectivity index (χ4v) is 3.28. The number of halogens is 2. The van der Waals surface area contributed by atoms with Gasteiger partial charge in [0.25, 0.3) is 5.91 Å². The normalized spacial score (nSPS) is 18.4. The molecule has 2 amide bonds. The third-order valence-corrected chi connectivity index (χ3v) is 4.66. The summed E-state index contributed by atoms with van der Waals surface area (Å²) in [7, 11) is 0. The van der Waals surface area contributed by atoms with E-state index in [4.69, 9.17) is 5.73 Å². The van der Waals surface area contributed by atoms with Crippen LogP contribution in [0.3, 0.4) is 0 Å². The van der Waals surface area contributed by atoms with Crippen molar-refractivity contribution in [3.05, 3.63) is 59.9 Å². The summed E-state index contributed by atoms with van der Waals surface area (Å²) in [4.78, 5) is 24.5. The number of rotatable bonds is 5. The number of hydrogen-bond acceptors (Lipinski definition) is 3. The van der Waals surface area contributed by atoms with Gasteiger partial charge in [0.2, 0.25) is 5.91 Å². The Morgan fingerprint density at radius 2 is 1.74 bits per heavy atom. The SMILES string of the molecule is Cl.N[C@@H]1CCC[C@H]1CC(=O)Nc1cccc(C(=O)Nc2cccc(F)c2)c1. The first-order valence-corrected chi connectivity index (χ1v) is 8.73. The summed E-state index contributed by atoms with van der Waals surface area (Å²) >= 11 is 0. The molecule has 2 atom stereocenters. The van der Waals surface area contributed by atoms with E-state index in [9.17, 15) is 14.0 Å². The van der Waals surface area contributed by atoms with Crippen LogP contribution in [0.15, 0.2) is 48.5 Å². The Bertz CT molecular complexity index is 815. The number of benzene rings is 2. The number of carbonyl (C=O) groups is 2. The maximum atomic E-state index is 13.2. The van der Waals surface area contributed by atoms with Crippen molar-refractivity contribution in [3.8, 4) is 0 Å². The molecule has 0 saturated heterocycles. The molecule has 0 radical (unpaired) electrons. The van der Waals surface area contributed by atoms with E-state index >= 15 is 0 Å². The van der Waals surface area contributed by atoms with Gasteiger partial charge >= 0.3 is 0 Å². The van der Waals surface area contributed by atoms with E-state index in [0.29, 0.717) is 23.4 Å². The third kappa shape index (κ3) is 5.77. The Morgan fingerprint density at radius 1 is 1.04 bits per heavy atom. The van der Waals surface area contributed by atoms with Crippen molar-refractivity contribution in [2.24, 2.45) is 11.7 Å². The van der Waals surface area contributed by atoms with E-state index in [1.165, 1.54) is 18.2 Å². The molecule has 7 heteroatoms. The van der Waals surface area contributed by atoms with Crippen LogP contribution < -0.4 is 16.4 Å². The van der Waals surface area contributed by atoms with Gasteiger partial charge in [-0.25, -0.2) is 4.39 Å². The molecule has 1 aliphatic rings. The van der Waals surface area contributed by atoms with Crippen molar-refractivity contribution in [2.75, 3.05) is 10.6 Å². The summed E-state index contributed by atoms with van der Waals surface area (Å²) in [6.45, 7) is 0. The van der Waals surface area contributed by atoms with Crippen LogP contribution in [0.1, 0.15) is 36.0 Å². The number of hydrogen-bond donors (Lipinski definition) is 3. The molecule has 1 fully saturated rings. The zero-order valence-corrected chi connectivity index (χ0v) is 15.6. The highest BCUT2D eigenvalue weighted by molar-refractivity contribution is 6.05. The minimum atomic E-state index is -0.422. The van der Waals surface area contributed by atoms with Crippen LogP contribution in [-0.4, -0.2) is 17.9 Å². The van der Waals surface area contributed by atoms with Gasteiger partial charge in [0.05, 0.1) is 0 Å². The summed E-state index contributed by atoms with van der Waals surface area (Å²) in [6.07, 6.45) is 3.40. The zero-order chi connectivity index (χ0) is 18.5. The Balaban J connectivity index is 0.00000261. The van der Waals surface area contributed by atoms with Crippen LogP contribution in [0.25, 0.3) is 0 Å². The highest BCUT2D eigenvalue weighted by atomic mass is 35.5. The van der Waals surface area contributed by atoms with Gasteiger partial charge in [0.15, 0.2) is 0 Å². The molecule has 5 nitrogen and oxygen atoms in total. The molecule has 0 spiro atoms. The topological polar surface area (TPSA) is 84.2 Å². The molecular weight excluding hydrogens is 369 g/mol. The highest BCUT2D eigenvalue weighted by Crippen LogP contribution is 2.27. The second kappa shape index (κ2) is 9.48. The molecule has 4 N–H and O–H groups in total. The van der Waals surface area contributed by atoms with Gasteiger partial charge in [-0.3, -0.25) is 9.59 Å². The lowest BCUT2D eigenvalue weighted by Gasteiger charge is -2.15. The maximum absolute atomic E-state index is 13.2. The molecule has 0 unspecified atom stereocenters. The molecular formula is C20H23ClFN3O2. The monoisotopic (exact) mass is 391 g/mol. The molecule has 1 saturated carbocycles. The van der Waals surface area contributed by atoms with Gasteiger partial charge < -0.3 is 16.4 Å². The minimum Gasteiger partial charge on any atom is -0.327 e. The summed E-state index contributed by atoms with van der Waals surface area (Å²) in [6, 6.07) is 12.4. The average molecular weight is 392 g/mol. The first kappa shape index (κ1) is 20.9. The number of carbonyl (C=O) groups excluding carboxylic acids is 2. The van der Waals surface area contributed by atoms with Crippen molar-refractivity contribution < 1.29 is 14.0 Å². The quantitative estimate of drug-likeness (QED) is 0.721. The summed E-state index contributed by atoms with van der Waals surface area (Å²) in [5.74, 6) is -0.678. The largest absolute Gasteiger partial charge is 0.327 e. The fraction of sp³-hybridized carbons (Fsp3) is 0.300. The van der Waals surface area contributed by atoms with Gasteiger partial charge in [-0.1, -0.05) is 18.6 Å². The Hall–Kier alpha value is -2.44. The Labute approximate surface area is 163 Å². The molecule has 144 valence electrons. The van der Waals surface area contributed by atoms with Crippen molar-refractivity contribution >= 4 is 35.6 Å². The zero-order valence-electron chi connectivity index (χ0n) is 14.8. The second-order valence-electron chi connectivity index (χ2n) is 6.65. The van der Waals surface area contributed by atoms with Crippen LogP contribution in [0.5, 0.6) is 0 Å². The van der Waals surface area contributed by atoms with Crippen LogP contribution in [0.2, 0.25) is 0 Å². The molecule has 0 aromatic heterocycles. The van der Waals surface area contributed by atoms with Crippen LogP contribution in [0, 0.1) is 11.7 Å². The molecule has 1 aliphatic carbocycles. The van der Waals surface area contributed by atoms with Crippen LogP contribution in [-0.2, 0) is 4.79 Å². The lowest BCUT2D eigenvalue weighted by Crippen LogP contribution is -2.28. The van der Waals surface area contributed by atoms with Gasteiger partial charge in [0.1, 0.15) is 5.82 Å². The summed E-state index contributed by atoms with van der Waals surface area (Å²) in [5.41, 5.74) is 7.31. The minimum absolute atomic E-state index is 0. The van der Waals surface area contributed by atoms with Gasteiger partial charge in [-0.05, 0) is 55.2 Å². The molecule has 27 heavy (non-hydrogen) atoms. The Kier molecular flexibility index (Phi) is 7.33. The summed E-state index contributed by atoms with van der Waals surface area (Å²) in [5, 5.41) is 5.46. The average Bonchev–Trinajstić information content (AvgIpc) is 3.00. The second-order valence-corrected chi connectivity index (χ2v) is 6.65. The van der Waals surface area contributed by atoms with Crippen molar-refractivity contribution in [1.29, 1.82) is 0 Å². The van der Waals surface area contributed by atoms with E-state index in [2.05, 4.69) is 10.6 Å². The van der Waals surface area contributed by atoms with E-state index in [-0.39, 0.29) is 36.2 Å². The lowest BCUT2D eigenvalue weighted by molar-refractivity contribution is -0.117. The maximum Gasteiger partial charge on any atom is 0.255 e. The Morgan fingerprint density at radius 3 is 2.41 bits per heavy atom. The van der Waals surface area contributed by atoms with E-state index in [0.717, 1.165) is 19.3 Å². The lowest BCUT2D eigenvalue weighted by atomic mass is 10.00. The molecule has 2 aromatic rings. The number of amides is 2. The van der Waals surface area contributed by atoms with Crippen molar-refractivity contribution in [3.63, 3.8) is 0 Å². The van der Waals surface area contributed by atoms with Gasteiger partial charge in [-0.2, -0.15) is 0 Å². The predicted octanol–water partition coefficient (Wildman–Crippen LogP) is 3.96. The van der Waals surface area contributed by atoms with E-state index in [1.54, 1.807) is 30.3 Å². The molecule has 0 bridgehead atoms. The van der Waals surface area contributed by atoms with Crippen molar-refractivity contribution in [1.82, 2.24) is 0 Å². The van der Waals surface area contributed by atoms with Crippen molar-refractivity contribution in [2.45, 2.75) is 31.7 Å². The third-order valence-electron chi connectivity index (χ3n) is 4.66. The van der Waals surface area contributed by atoms with Crippen LogP contribution >= 0.6 is 12.4 Å². The number of nitrogens with one attached hydrogen (secondary N) is 2. The molecule has 0 heterocycles. The molecule has 0 aliphatic heterocycles.